The zero-order valence-electron chi connectivity index (χ0n) is 9.40. The molecule has 0 aromatic carbocycles. The lowest BCUT2D eigenvalue weighted by molar-refractivity contribution is 0.306. The molecule has 0 aliphatic rings. The van der Waals surface area contributed by atoms with Crippen LogP contribution < -0.4 is 10.5 Å². The van der Waals surface area contributed by atoms with Gasteiger partial charge in [-0.05, 0) is 12.5 Å². The van der Waals surface area contributed by atoms with Gasteiger partial charge in [0, 0.05) is 12.3 Å². The fraction of sp³-hybridized carbons (Fsp3) is 0.455. The summed E-state index contributed by atoms with van der Waals surface area (Å²) >= 11 is 0. The molecular weight excluding hydrogens is 226 g/mol. The maximum absolute atomic E-state index is 7.23. The number of nitrogen functional groups attached to an aromatic ring is 1. The molecule has 0 aliphatic carbocycles. The standard InChI is InChI=1S/C11H17N3O.ClH/c1-2-3-4-7-15-9-5-6-14-10(8-9)11(12)13;/h5-6,8H,2-4,7H2,1H3,(H3,12,13);1H. The molecule has 1 heterocycles. The van der Waals surface area contributed by atoms with E-state index in [0.29, 0.717) is 12.3 Å². The van der Waals surface area contributed by atoms with Crippen molar-refractivity contribution in [2.75, 3.05) is 6.61 Å². The first-order valence-corrected chi connectivity index (χ1v) is 5.17. The predicted octanol–water partition coefficient (Wildman–Crippen LogP) is 2.36. The number of nitrogens with one attached hydrogen (secondary N) is 1. The molecule has 4 nitrogen and oxygen atoms in total. The van der Waals surface area contributed by atoms with Crippen LogP contribution in [0.1, 0.15) is 31.9 Å². The largest absolute Gasteiger partial charge is 0.493 e. The van der Waals surface area contributed by atoms with Gasteiger partial charge < -0.3 is 10.5 Å². The first-order valence-electron chi connectivity index (χ1n) is 5.17. The predicted molar refractivity (Wildman–Crippen MR) is 67.5 cm³/mol. The van der Waals surface area contributed by atoms with E-state index in [9.17, 15) is 0 Å². The van der Waals surface area contributed by atoms with Crippen LogP contribution in [-0.4, -0.2) is 17.4 Å². The number of halogens is 1. The van der Waals surface area contributed by atoms with E-state index in [1.54, 1.807) is 18.3 Å². The number of pyridine rings is 1. The third-order valence-electron chi connectivity index (χ3n) is 2.02. The molecule has 0 radical (unpaired) electrons. The Morgan fingerprint density at radius 2 is 2.25 bits per heavy atom. The number of amidine groups is 1. The number of unbranched alkanes of at least 4 members (excludes halogenated alkanes) is 2. The van der Waals surface area contributed by atoms with Gasteiger partial charge in [0.05, 0.1) is 6.61 Å². The van der Waals surface area contributed by atoms with E-state index in [4.69, 9.17) is 15.9 Å². The van der Waals surface area contributed by atoms with Crippen molar-refractivity contribution in [3.8, 4) is 5.75 Å². The molecule has 16 heavy (non-hydrogen) atoms. The molecule has 0 bridgehead atoms. The van der Waals surface area contributed by atoms with Gasteiger partial charge in [0.1, 0.15) is 17.3 Å². The van der Waals surface area contributed by atoms with Crippen LogP contribution >= 0.6 is 12.4 Å². The van der Waals surface area contributed by atoms with Gasteiger partial charge in [0.15, 0.2) is 0 Å². The molecule has 0 aliphatic heterocycles. The van der Waals surface area contributed by atoms with Crippen molar-refractivity contribution >= 4 is 18.2 Å². The van der Waals surface area contributed by atoms with Crippen molar-refractivity contribution in [3.63, 3.8) is 0 Å². The van der Waals surface area contributed by atoms with Crippen molar-refractivity contribution in [2.45, 2.75) is 26.2 Å². The molecule has 0 saturated heterocycles. The minimum Gasteiger partial charge on any atom is -0.493 e. The first-order chi connectivity index (χ1) is 7.24. The summed E-state index contributed by atoms with van der Waals surface area (Å²) in [6.07, 6.45) is 5.00. The zero-order valence-corrected chi connectivity index (χ0v) is 10.2. The Morgan fingerprint density at radius 1 is 1.50 bits per heavy atom. The second kappa shape index (κ2) is 7.93. The number of rotatable bonds is 6. The van der Waals surface area contributed by atoms with Gasteiger partial charge >= 0.3 is 0 Å². The summed E-state index contributed by atoms with van der Waals surface area (Å²) in [7, 11) is 0. The average molecular weight is 244 g/mol. The van der Waals surface area contributed by atoms with Crippen LogP contribution in [0.15, 0.2) is 18.3 Å². The summed E-state index contributed by atoms with van der Waals surface area (Å²) in [6, 6.07) is 3.46. The van der Waals surface area contributed by atoms with Crippen molar-refractivity contribution in [2.24, 2.45) is 5.73 Å². The maximum atomic E-state index is 7.23. The second-order valence-electron chi connectivity index (χ2n) is 3.35. The number of aromatic nitrogens is 1. The van der Waals surface area contributed by atoms with Gasteiger partial charge in [-0.3, -0.25) is 10.4 Å². The highest BCUT2D eigenvalue weighted by Gasteiger charge is 2.00. The van der Waals surface area contributed by atoms with E-state index in [1.165, 1.54) is 12.8 Å². The van der Waals surface area contributed by atoms with Gasteiger partial charge in [-0.2, -0.15) is 0 Å². The highest BCUT2D eigenvalue weighted by molar-refractivity contribution is 5.93. The molecule has 1 aromatic heterocycles. The Hall–Kier alpha value is -1.29. The van der Waals surface area contributed by atoms with Crippen molar-refractivity contribution < 1.29 is 4.74 Å². The Balaban J connectivity index is 0.00000225. The minimum atomic E-state index is -0.0333. The first kappa shape index (κ1) is 14.7. The summed E-state index contributed by atoms with van der Waals surface area (Å²) in [5, 5.41) is 7.23. The van der Waals surface area contributed by atoms with Gasteiger partial charge in [-0.15, -0.1) is 12.4 Å². The third-order valence-corrected chi connectivity index (χ3v) is 2.02. The highest BCUT2D eigenvalue weighted by Crippen LogP contribution is 2.11. The van der Waals surface area contributed by atoms with E-state index in [-0.39, 0.29) is 18.2 Å². The molecule has 0 unspecified atom stereocenters. The van der Waals surface area contributed by atoms with E-state index >= 15 is 0 Å². The van der Waals surface area contributed by atoms with Crippen LogP contribution in [0.25, 0.3) is 0 Å². The lowest BCUT2D eigenvalue weighted by Gasteiger charge is -2.06. The summed E-state index contributed by atoms with van der Waals surface area (Å²) in [4.78, 5) is 3.95. The van der Waals surface area contributed by atoms with Gasteiger partial charge in [-0.25, -0.2) is 0 Å². The van der Waals surface area contributed by atoms with Crippen LogP contribution in [0.2, 0.25) is 0 Å². The summed E-state index contributed by atoms with van der Waals surface area (Å²) in [6.45, 7) is 2.86. The molecule has 3 N–H and O–H groups in total. The van der Waals surface area contributed by atoms with E-state index in [0.717, 1.165) is 12.2 Å². The second-order valence-corrected chi connectivity index (χ2v) is 3.35. The number of hydrogen-bond acceptors (Lipinski definition) is 3. The topological polar surface area (TPSA) is 72.0 Å². The molecule has 1 rings (SSSR count). The maximum Gasteiger partial charge on any atom is 0.141 e. The number of nitrogens with two attached hydrogens (primary N) is 1. The summed E-state index contributed by atoms with van der Waals surface area (Å²) in [5.41, 5.74) is 5.79. The molecule has 5 heteroatoms. The summed E-state index contributed by atoms with van der Waals surface area (Å²) < 4.78 is 5.51. The number of hydrogen-bond donors (Lipinski definition) is 2. The van der Waals surface area contributed by atoms with Crippen LogP contribution in [0.5, 0.6) is 5.75 Å². The van der Waals surface area contributed by atoms with E-state index < -0.39 is 0 Å². The van der Waals surface area contributed by atoms with Gasteiger partial charge in [-0.1, -0.05) is 19.8 Å². The normalized spacial score (nSPS) is 9.31. The van der Waals surface area contributed by atoms with Crippen molar-refractivity contribution in [3.05, 3.63) is 24.0 Å². The average Bonchev–Trinajstić information content (AvgIpc) is 2.25. The van der Waals surface area contributed by atoms with Crippen LogP contribution in [0, 0.1) is 5.41 Å². The van der Waals surface area contributed by atoms with Crippen LogP contribution in [0.3, 0.4) is 0 Å². The number of nitrogens with zero attached hydrogens (tertiary/aromatic N) is 1. The Kier molecular flexibility index (Phi) is 7.29. The number of ether oxygens (including phenoxy) is 1. The minimum absolute atomic E-state index is 0. The Bertz CT molecular complexity index is 331. The SMILES string of the molecule is CCCCCOc1ccnc(C(=N)N)c1.Cl. The monoisotopic (exact) mass is 243 g/mol. The van der Waals surface area contributed by atoms with Gasteiger partial charge in [0.25, 0.3) is 0 Å². The third kappa shape index (κ3) is 4.98. The lowest BCUT2D eigenvalue weighted by atomic mass is 10.3. The molecule has 0 atom stereocenters. The van der Waals surface area contributed by atoms with Gasteiger partial charge in [0.2, 0.25) is 0 Å². The fourth-order valence-electron chi connectivity index (χ4n) is 1.19. The Labute approximate surface area is 102 Å². The molecule has 0 amide bonds. The fourth-order valence-corrected chi connectivity index (χ4v) is 1.19. The quantitative estimate of drug-likeness (QED) is 0.458. The molecule has 90 valence electrons. The van der Waals surface area contributed by atoms with E-state index in [2.05, 4.69) is 11.9 Å². The Morgan fingerprint density at radius 3 is 2.88 bits per heavy atom. The smallest absolute Gasteiger partial charge is 0.141 e. The molecule has 0 spiro atoms. The molecule has 0 fully saturated rings. The molecule has 1 aromatic rings. The summed E-state index contributed by atoms with van der Waals surface area (Å²) in [5.74, 6) is 0.695. The van der Waals surface area contributed by atoms with Crippen molar-refractivity contribution in [1.29, 1.82) is 5.41 Å². The van der Waals surface area contributed by atoms with E-state index in [1.807, 2.05) is 0 Å². The lowest BCUT2D eigenvalue weighted by Crippen LogP contribution is -2.13. The van der Waals surface area contributed by atoms with Crippen molar-refractivity contribution in [1.82, 2.24) is 4.98 Å². The van der Waals surface area contributed by atoms with Crippen LogP contribution in [-0.2, 0) is 0 Å². The van der Waals surface area contributed by atoms with Crippen LogP contribution in [0.4, 0.5) is 0 Å². The highest BCUT2D eigenvalue weighted by atomic mass is 35.5. The zero-order chi connectivity index (χ0) is 11.1. The molecule has 0 saturated carbocycles. The molecular formula is C11H18ClN3O.